The summed E-state index contributed by atoms with van der Waals surface area (Å²) in [6, 6.07) is 11.9. The molecule has 1 N–H and O–H groups in total. The summed E-state index contributed by atoms with van der Waals surface area (Å²) in [5.74, 6) is 1.02. The number of hydrogen-bond acceptors (Lipinski definition) is 6. The highest BCUT2D eigenvalue weighted by molar-refractivity contribution is 5.51. The molecule has 0 fully saturated rings. The van der Waals surface area contributed by atoms with Crippen LogP contribution in [-0.2, 0) is 13.1 Å². The van der Waals surface area contributed by atoms with Gasteiger partial charge in [-0.1, -0.05) is 35.5 Å². The molecule has 6 nitrogen and oxygen atoms in total. The van der Waals surface area contributed by atoms with Crippen molar-refractivity contribution in [3.05, 3.63) is 60.4 Å². The summed E-state index contributed by atoms with van der Waals surface area (Å²) < 4.78 is 10.3. The zero-order valence-electron chi connectivity index (χ0n) is 12.1. The van der Waals surface area contributed by atoms with Gasteiger partial charge < -0.3 is 14.0 Å². The van der Waals surface area contributed by atoms with Crippen molar-refractivity contribution in [2.45, 2.75) is 13.1 Å². The smallest absolute Gasteiger partial charge is 0.241 e. The average molecular weight is 299 g/mol. The van der Waals surface area contributed by atoms with Crippen LogP contribution in [0.1, 0.15) is 11.5 Å². The third-order valence-electron chi connectivity index (χ3n) is 3.27. The van der Waals surface area contributed by atoms with E-state index in [9.17, 15) is 5.11 Å². The number of furan rings is 1. The summed E-state index contributed by atoms with van der Waals surface area (Å²) in [5, 5.41) is 13.2. The molecule has 3 aromatic rings. The van der Waals surface area contributed by atoms with Gasteiger partial charge >= 0.3 is 0 Å². The number of benzene rings is 1. The largest absolute Gasteiger partial charge is 0.472 e. The standard InChI is InChI=1S/C16H17N3O3/c20-8-7-19(10-13-4-2-1-3-5-13)11-15-17-16(18-22-15)14-6-9-21-12-14/h1-6,9,12,20H,7-8,10-11H2. The molecule has 0 radical (unpaired) electrons. The molecule has 0 unspecified atom stereocenters. The molecule has 2 aromatic heterocycles. The van der Waals surface area contributed by atoms with Gasteiger partial charge in [-0.05, 0) is 11.6 Å². The fraction of sp³-hybridized carbons (Fsp3) is 0.250. The van der Waals surface area contributed by atoms with Crippen molar-refractivity contribution in [1.82, 2.24) is 15.0 Å². The van der Waals surface area contributed by atoms with E-state index >= 15 is 0 Å². The van der Waals surface area contributed by atoms with E-state index in [4.69, 9.17) is 8.94 Å². The van der Waals surface area contributed by atoms with E-state index < -0.39 is 0 Å². The molecule has 0 aliphatic carbocycles. The van der Waals surface area contributed by atoms with Crippen LogP contribution in [-0.4, -0.2) is 33.3 Å². The van der Waals surface area contributed by atoms with Gasteiger partial charge in [0, 0.05) is 13.1 Å². The van der Waals surface area contributed by atoms with Crippen LogP contribution in [0.4, 0.5) is 0 Å². The summed E-state index contributed by atoms with van der Waals surface area (Å²) >= 11 is 0. The van der Waals surface area contributed by atoms with E-state index in [-0.39, 0.29) is 6.61 Å². The third-order valence-corrected chi connectivity index (χ3v) is 3.27. The van der Waals surface area contributed by atoms with Crippen LogP contribution in [0, 0.1) is 0 Å². The molecule has 0 aliphatic rings. The average Bonchev–Trinajstić information content (AvgIpc) is 3.19. The minimum atomic E-state index is 0.0789. The maximum absolute atomic E-state index is 9.23. The van der Waals surface area contributed by atoms with Crippen molar-refractivity contribution in [2.24, 2.45) is 0 Å². The summed E-state index contributed by atoms with van der Waals surface area (Å²) in [6.07, 6.45) is 3.14. The van der Waals surface area contributed by atoms with Crippen molar-refractivity contribution < 1.29 is 14.0 Å². The Kier molecular flexibility index (Phi) is 4.62. The molecule has 0 amide bonds. The van der Waals surface area contributed by atoms with E-state index in [0.29, 0.717) is 31.3 Å². The molecular weight excluding hydrogens is 282 g/mol. The van der Waals surface area contributed by atoms with Crippen molar-refractivity contribution in [2.75, 3.05) is 13.2 Å². The molecule has 6 heteroatoms. The second-order valence-electron chi connectivity index (χ2n) is 4.94. The normalized spacial score (nSPS) is 11.2. The first-order chi connectivity index (χ1) is 10.8. The Bertz CT molecular complexity index is 680. The lowest BCUT2D eigenvalue weighted by molar-refractivity contribution is 0.167. The van der Waals surface area contributed by atoms with Gasteiger partial charge in [0.2, 0.25) is 11.7 Å². The van der Waals surface area contributed by atoms with Gasteiger partial charge in [0.1, 0.15) is 6.26 Å². The molecule has 1 aromatic carbocycles. The highest BCUT2D eigenvalue weighted by Crippen LogP contribution is 2.17. The fourth-order valence-corrected chi connectivity index (χ4v) is 2.22. The molecule has 0 aliphatic heterocycles. The second kappa shape index (κ2) is 7.02. The van der Waals surface area contributed by atoms with Crippen molar-refractivity contribution >= 4 is 0 Å². The molecule has 0 saturated carbocycles. The number of aliphatic hydroxyl groups is 1. The SMILES string of the molecule is OCCN(Cc1ccccc1)Cc1nc(-c2ccoc2)no1. The summed E-state index contributed by atoms with van der Waals surface area (Å²) in [6.45, 7) is 1.82. The molecular formula is C16H17N3O3. The number of aromatic nitrogens is 2. The summed E-state index contributed by atoms with van der Waals surface area (Å²) in [7, 11) is 0. The number of aliphatic hydroxyl groups excluding tert-OH is 1. The second-order valence-corrected chi connectivity index (χ2v) is 4.94. The Labute approximate surface area is 128 Å². The lowest BCUT2D eigenvalue weighted by Gasteiger charge is -2.19. The Morgan fingerprint density at radius 2 is 1.95 bits per heavy atom. The number of rotatable bonds is 7. The van der Waals surface area contributed by atoms with Gasteiger partial charge in [0.25, 0.3) is 0 Å². The van der Waals surface area contributed by atoms with Gasteiger partial charge in [-0.3, -0.25) is 4.90 Å². The van der Waals surface area contributed by atoms with Crippen molar-refractivity contribution in [1.29, 1.82) is 0 Å². The molecule has 0 saturated heterocycles. The van der Waals surface area contributed by atoms with Gasteiger partial charge in [-0.15, -0.1) is 0 Å². The molecule has 0 spiro atoms. The van der Waals surface area contributed by atoms with Crippen LogP contribution in [0.15, 0.2) is 57.9 Å². The molecule has 114 valence electrons. The maximum Gasteiger partial charge on any atom is 0.241 e. The zero-order valence-corrected chi connectivity index (χ0v) is 12.1. The monoisotopic (exact) mass is 299 g/mol. The van der Waals surface area contributed by atoms with E-state index in [1.807, 2.05) is 18.2 Å². The fourth-order valence-electron chi connectivity index (χ4n) is 2.22. The van der Waals surface area contributed by atoms with Gasteiger partial charge in [-0.25, -0.2) is 0 Å². The quantitative estimate of drug-likeness (QED) is 0.721. The lowest BCUT2D eigenvalue weighted by Crippen LogP contribution is -2.26. The van der Waals surface area contributed by atoms with Crippen LogP contribution in [0.25, 0.3) is 11.4 Å². The Morgan fingerprint density at radius 3 is 2.68 bits per heavy atom. The minimum Gasteiger partial charge on any atom is -0.472 e. The Hall–Kier alpha value is -2.44. The third kappa shape index (κ3) is 3.60. The van der Waals surface area contributed by atoms with Gasteiger partial charge in [0.15, 0.2) is 0 Å². The van der Waals surface area contributed by atoms with Crippen molar-refractivity contribution in [3.63, 3.8) is 0 Å². The van der Waals surface area contributed by atoms with Crippen LogP contribution >= 0.6 is 0 Å². The summed E-state index contributed by atoms with van der Waals surface area (Å²) in [4.78, 5) is 6.41. The van der Waals surface area contributed by atoms with Crippen LogP contribution in [0.2, 0.25) is 0 Å². The van der Waals surface area contributed by atoms with E-state index in [1.165, 1.54) is 5.56 Å². The lowest BCUT2D eigenvalue weighted by atomic mass is 10.2. The van der Waals surface area contributed by atoms with Gasteiger partial charge in [0.05, 0.1) is 25.0 Å². The highest BCUT2D eigenvalue weighted by Gasteiger charge is 2.14. The predicted octanol–water partition coefficient (Wildman–Crippen LogP) is 2.32. The first-order valence-electron chi connectivity index (χ1n) is 7.07. The Balaban J connectivity index is 1.68. The van der Waals surface area contributed by atoms with E-state index in [2.05, 4.69) is 27.2 Å². The molecule has 22 heavy (non-hydrogen) atoms. The maximum atomic E-state index is 9.23. The Morgan fingerprint density at radius 1 is 1.09 bits per heavy atom. The molecule has 0 atom stereocenters. The van der Waals surface area contributed by atoms with E-state index in [0.717, 1.165) is 5.56 Å². The summed E-state index contributed by atoms with van der Waals surface area (Å²) in [5.41, 5.74) is 1.96. The number of hydrogen-bond donors (Lipinski definition) is 1. The van der Waals surface area contributed by atoms with Crippen LogP contribution < -0.4 is 0 Å². The topological polar surface area (TPSA) is 75.5 Å². The first kappa shape index (κ1) is 14.5. The first-order valence-corrected chi connectivity index (χ1v) is 7.07. The molecule has 2 heterocycles. The number of nitrogens with zero attached hydrogens (tertiary/aromatic N) is 3. The van der Waals surface area contributed by atoms with Crippen LogP contribution in [0.3, 0.4) is 0 Å². The van der Waals surface area contributed by atoms with Crippen molar-refractivity contribution in [3.8, 4) is 11.4 Å². The zero-order chi connectivity index (χ0) is 15.2. The minimum absolute atomic E-state index is 0.0789. The molecule has 0 bridgehead atoms. The molecule has 3 rings (SSSR count). The predicted molar refractivity (Wildman–Crippen MR) is 79.6 cm³/mol. The highest BCUT2D eigenvalue weighted by atomic mass is 16.5. The van der Waals surface area contributed by atoms with E-state index in [1.54, 1.807) is 18.6 Å². The van der Waals surface area contributed by atoms with Crippen LogP contribution in [0.5, 0.6) is 0 Å². The van der Waals surface area contributed by atoms with Gasteiger partial charge in [-0.2, -0.15) is 4.98 Å².